The Labute approximate surface area is 113 Å². The van der Waals surface area contributed by atoms with Gasteiger partial charge in [0.1, 0.15) is 5.82 Å². The van der Waals surface area contributed by atoms with Gasteiger partial charge in [-0.25, -0.2) is 4.39 Å². The van der Waals surface area contributed by atoms with E-state index in [1.54, 1.807) is 18.3 Å². The maximum Gasteiger partial charge on any atom is 0.123 e. The van der Waals surface area contributed by atoms with Crippen LogP contribution in [0.15, 0.2) is 30.5 Å². The fraction of sp³-hybridized carbons (Fsp3) is 0.400. The summed E-state index contributed by atoms with van der Waals surface area (Å²) in [5, 5.41) is 7.68. The second-order valence-electron chi connectivity index (χ2n) is 5.09. The van der Waals surface area contributed by atoms with Gasteiger partial charge in [0.25, 0.3) is 0 Å². The third-order valence-electron chi connectivity index (χ3n) is 3.13. The quantitative estimate of drug-likeness (QED) is 0.897. The van der Waals surface area contributed by atoms with E-state index >= 15 is 0 Å². The van der Waals surface area contributed by atoms with Gasteiger partial charge in [0.2, 0.25) is 0 Å². The predicted octanol–water partition coefficient (Wildman–Crippen LogP) is 2.88. The number of nitrogens with one attached hydrogen (secondary N) is 1. The molecule has 0 saturated heterocycles. The van der Waals surface area contributed by atoms with E-state index in [9.17, 15) is 4.39 Å². The molecule has 0 saturated carbocycles. The number of aryl methyl sites for hydroxylation is 1. The first-order chi connectivity index (χ1) is 9.06. The highest BCUT2D eigenvalue weighted by molar-refractivity contribution is 5.27. The highest BCUT2D eigenvalue weighted by atomic mass is 19.1. The molecule has 0 spiro atoms. The van der Waals surface area contributed by atoms with E-state index in [2.05, 4.69) is 24.3 Å². The summed E-state index contributed by atoms with van der Waals surface area (Å²) in [7, 11) is 0. The molecule has 0 radical (unpaired) electrons. The van der Waals surface area contributed by atoms with Gasteiger partial charge in [-0.15, -0.1) is 0 Å². The molecule has 1 heterocycles. The van der Waals surface area contributed by atoms with Crippen molar-refractivity contribution in [3.05, 3.63) is 53.1 Å². The monoisotopic (exact) mass is 261 g/mol. The second kappa shape index (κ2) is 5.97. The average Bonchev–Trinajstić information content (AvgIpc) is 2.79. The normalized spacial score (nSPS) is 11.2. The zero-order valence-corrected chi connectivity index (χ0v) is 11.7. The largest absolute Gasteiger partial charge is 0.309 e. The minimum Gasteiger partial charge on any atom is -0.309 e. The third kappa shape index (κ3) is 3.64. The van der Waals surface area contributed by atoms with Gasteiger partial charge in [-0.3, -0.25) is 4.68 Å². The minimum absolute atomic E-state index is 0.199. The van der Waals surface area contributed by atoms with E-state index in [-0.39, 0.29) is 5.82 Å². The van der Waals surface area contributed by atoms with E-state index < -0.39 is 0 Å². The first-order valence-corrected chi connectivity index (χ1v) is 6.55. The molecule has 0 fully saturated rings. The number of rotatable bonds is 5. The number of halogens is 1. The van der Waals surface area contributed by atoms with Crippen molar-refractivity contribution in [3.63, 3.8) is 0 Å². The molecular formula is C15H20FN3. The van der Waals surface area contributed by atoms with Crippen molar-refractivity contribution in [2.45, 2.75) is 39.9 Å². The number of benzene rings is 1. The van der Waals surface area contributed by atoms with Crippen molar-refractivity contribution >= 4 is 0 Å². The third-order valence-corrected chi connectivity index (χ3v) is 3.13. The molecule has 2 rings (SSSR count). The van der Waals surface area contributed by atoms with Gasteiger partial charge in [-0.1, -0.05) is 19.9 Å². The standard InChI is InChI=1S/C15H20FN3/c1-11(2)17-9-15-6-7-18-19(15)10-13-8-14(16)5-4-12(13)3/h4-8,11,17H,9-10H2,1-3H3. The summed E-state index contributed by atoms with van der Waals surface area (Å²) in [5.41, 5.74) is 3.16. The second-order valence-corrected chi connectivity index (χ2v) is 5.09. The van der Waals surface area contributed by atoms with Gasteiger partial charge in [0.15, 0.2) is 0 Å². The maximum absolute atomic E-state index is 13.3. The lowest BCUT2D eigenvalue weighted by Gasteiger charge is -2.12. The van der Waals surface area contributed by atoms with Crippen molar-refractivity contribution < 1.29 is 4.39 Å². The van der Waals surface area contributed by atoms with Gasteiger partial charge in [0, 0.05) is 18.8 Å². The highest BCUT2D eigenvalue weighted by Gasteiger charge is 2.06. The lowest BCUT2D eigenvalue weighted by molar-refractivity contribution is 0.545. The summed E-state index contributed by atoms with van der Waals surface area (Å²) in [6.45, 7) is 7.58. The Morgan fingerprint density at radius 2 is 2.11 bits per heavy atom. The van der Waals surface area contributed by atoms with E-state index in [1.807, 2.05) is 17.7 Å². The van der Waals surface area contributed by atoms with Crippen LogP contribution in [-0.4, -0.2) is 15.8 Å². The smallest absolute Gasteiger partial charge is 0.123 e. The van der Waals surface area contributed by atoms with Gasteiger partial charge >= 0.3 is 0 Å². The zero-order chi connectivity index (χ0) is 13.8. The van der Waals surface area contributed by atoms with Gasteiger partial charge in [0.05, 0.1) is 12.2 Å². The molecule has 0 bridgehead atoms. The molecule has 0 aliphatic rings. The molecule has 19 heavy (non-hydrogen) atoms. The zero-order valence-electron chi connectivity index (χ0n) is 11.7. The van der Waals surface area contributed by atoms with Crippen LogP contribution < -0.4 is 5.32 Å². The lowest BCUT2D eigenvalue weighted by atomic mass is 10.1. The first kappa shape index (κ1) is 13.7. The number of nitrogens with zero attached hydrogens (tertiary/aromatic N) is 2. The molecule has 0 atom stereocenters. The molecular weight excluding hydrogens is 241 g/mol. The van der Waals surface area contributed by atoms with E-state index in [4.69, 9.17) is 0 Å². The Morgan fingerprint density at radius 3 is 2.84 bits per heavy atom. The van der Waals surface area contributed by atoms with E-state index in [0.29, 0.717) is 12.6 Å². The van der Waals surface area contributed by atoms with E-state index in [1.165, 1.54) is 6.07 Å². The van der Waals surface area contributed by atoms with Crippen molar-refractivity contribution in [3.8, 4) is 0 Å². The molecule has 3 nitrogen and oxygen atoms in total. The summed E-state index contributed by atoms with van der Waals surface area (Å²) < 4.78 is 15.2. The van der Waals surface area contributed by atoms with Crippen LogP contribution in [0.25, 0.3) is 0 Å². The lowest BCUT2D eigenvalue weighted by Crippen LogP contribution is -2.24. The summed E-state index contributed by atoms with van der Waals surface area (Å²) in [6, 6.07) is 7.29. The molecule has 1 aromatic heterocycles. The van der Waals surface area contributed by atoms with Crippen LogP contribution in [0.5, 0.6) is 0 Å². The van der Waals surface area contributed by atoms with Crippen molar-refractivity contribution in [1.29, 1.82) is 0 Å². The SMILES string of the molecule is Cc1ccc(F)cc1Cn1nccc1CNC(C)C. The molecule has 0 aliphatic carbocycles. The fourth-order valence-electron chi connectivity index (χ4n) is 1.93. The maximum atomic E-state index is 13.3. The summed E-state index contributed by atoms with van der Waals surface area (Å²) in [4.78, 5) is 0. The Kier molecular flexibility index (Phi) is 4.32. The topological polar surface area (TPSA) is 29.9 Å². The predicted molar refractivity (Wildman–Crippen MR) is 74.4 cm³/mol. The van der Waals surface area contributed by atoms with Crippen LogP contribution in [0.1, 0.15) is 30.7 Å². The van der Waals surface area contributed by atoms with Crippen LogP contribution in [0, 0.1) is 12.7 Å². The van der Waals surface area contributed by atoms with Crippen molar-refractivity contribution in [2.24, 2.45) is 0 Å². The first-order valence-electron chi connectivity index (χ1n) is 6.55. The van der Waals surface area contributed by atoms with Crippen molar-refractivity contribution in [2.75, 3.05) is 0 Å². The Bertz CT molecular complexity index is 546. The van der Waals surface area contributed by atoms with Crippen LogP contribution in [-0.2, 0) is 13.1 Å². The highest BCUT2D eigenvalue weighted by Crippen LogP contribution is 2.13. The molecule has 2 aromatic rings. The summed E-state index contributed by atoms with van der Waals surface area (Å²) in [6.07, 6.45) is 1.78. The summed E-state index contributed by atoms with van der Waals surface area (Å²) >= 11 is 0. The van der Waals surface area contributed by atoms with Crippen LogP contribution >= 0.6 is 0 Å². The minimum atomic E-state index is -0.199. The molecule has 0 unspecified atom stereocenters. The molecule has 4 heteroatoms. The van der Waals surface area contributed by atoms with Crippen LogP contribution in [0.2, 0.25) is 0 Å². The van der Waals surface area contributed by atoms with E-state index in [0.717, 1.165) is 23.4 Å². The molecule has 0 aliphatic heterocycles. The number of aromatic nitrogens is 2. The average molecular weight is 261 g/mol. The molecule has 1 aromatic carbocycles. The van der Waals surface area contributed by atoms with Gasteiger partial charge in [-0.05, 0) is 36.2 Å². The molecule has 1 N–H and O–H groups in total. The van der Waals surface area contributed by atoms with Crippen molar-refractivity contribution in [1.82, 2.24) is 15.1 Å². The Hall–Kier alpha value is -1.68. The fourth-order valence-corrected chi connectivity index (χ4v) is 1.93. The number of hydrogen-bond acceptors (Lipinski definition) is 2. The van der Waals surface area contributed by atoms with Crippen LogP contribution in [0.3, 0.4) is 0 Å². The van der Waals surface area contributed by atoms with Crippen LogP contribution in [0.4, 0.5) is 4.39 Å². The summed E-state index contributed by atoms with van der Waals surface area (Å²) in [5.74, 6) is -0.199. The van der Waals surface area contributed by atoms with Gasteiger partial charge < -0.3 is 5.32 Å². The molecule has 0 amide bonds. The van der Waals surface area contributed by atoms with Gasteiger partial charge in [-0.2, -0.15) is 5.10 Å². The molecule has 102 valence electrons. The Morgan fingerprint density at radius 1 is 1.32 bits per heavy atom. The number of hydrogen-bond donors (Lipinski definition) is 1. The Balaban J connectivity index is 2.15.